The van der Waals surface area contributed by atoms with Crippen LogP contribution in [0.3, 0.4) is 0 Å². The van der Waals surface area contributed by atoms with Crippen molar-refractivity contribution in [3.63, 3.8) is 0 Å². The van der Waals surface area contributed by atoms with E-state index in [2.05, 4.69) is 15.9 Å². The van der Waals surface area contributed by atoms with Crippen molar-refractivity contribution >= 4 is 21.9 Å². The van der Waals surface area contributed by atoms with Gasteiger partial charge in [0.1, 0.15) is 12.5 Å². The van der Waals surface area contributed by atoms with Gasteiger partial charge in [0.05, 0.1) is 0 Å². The molecule has 3 rings (SSSR count). The quantitative estimate of drug-likeness (QED) is 0.559. The number of esters is 1. The molecule has 0 saturated heterocycles. The summed E-state index contributed by atoms with van der Waals surface area (Å²) in [5.74, 6) is -0.668. The molecule has 0 amide bonds. The molecule has 0 aliphatic rings. The highest BCUT2D eigenvalue weighted by Crippen LogP contribution is 2.27. The second kappa shape index (κ2) is 7.93. The zero-order valence-electron chi connectivity index (χ0n) is 13.1. The molecule has 0 spiro atoms. The third kappa shape index (κ3) is 3.92. The van der Waals surface area contributed by atoms with Crippen LogP contribution >= 0.6 is 15.9 Å². The van der Waals surface area contributed by atoms with Crippen LogP contribution in [0.15, 0.2) is 89.4 Å². The Morgan fingerprint density at radius 1 is 0.792 bits per heavy atom. The Balaban J connectivity index is 1.83. The van der Waals surface area contributed by atoms with Crippen molar-refractivity contribution in [2.75, 3.05) is 0 Å². The van der Waals surface area contributed by atoms with Gasteiger partial charge in [-0.3, -0.25) is 4.79 Å². The Hall–Kier alpha value is -2.39. The first kappa shape index (κ1) is 16.5. The van der Waals surface area contributed by atoms with Crippen molar-refractivity contribution < 1.29 is 9.53 Å². The van der Waals surface area contributed by atoms with Gasteiger partial charge in [-0.15, -0.1) is 0 Å². The Morgan fingerprint density at radius 3 is 1.83 bits per heavy atom. The fourth-order valence-corrected chi connectivity index (χ4v) is 3.00. The summed E-state index contributed by atoms with van der Waals surface area (Å²) in [6.07, 6.45) is 0. The molecule has 3 aromatic rings. The molecule has 0 heterocycles. The lowest BCUT2D eigenvalue weighted by Gasteiger charge is -2.17. The maximum absolute atomic E-state index is 12.8. The van der Waals surface area contributed by atoms with Gasteiger partial charge in [-0.1, -0.05) is 94.8 Å². The summed E-state index contributed by atoms with van der Waals surface area (Å²) in [5, 5.41) is 0. The van der Waals surface area contributed by atoms with Gasteiger partial charge in [0, 0.05) is 10.0 Å². The van der Waals surface area contributed by atoms with Crippen LogP contribution in [-0.4, -0.2) is 5.97 Å². The lowest BCUT2D eigenvalue weighted by Crippen LogP contribution is -2.17. The summed E-state index contributed by atoms with van der Waals surface area (Å²) in [4.78, 5) is 12.8. The number of carbonyl (C=O) groups is 1. The predicted molar refractivity (Wildman–Crippen MR) is 98.7 cm³/mol. The molecule has 0 atom stereocenters. The first-order chi connectivity index (χ1) is 11.8. The van der Waals surface area contributed by atoms with E-state index in [0.29, 0.717) is 0 Å². The van der Waals surface area contributed by atoms with Gasteiger partial charge in [0.25, 0.3) is 0 Å². The molecule has 0 saturated carbocycles. The summed E-state index contributed by atoms with van der Waals surface area (Å²) < 4.78 is 6.55. The van der Waals surface area contributed by atoms with Crippen LogP contribution in [-0.2, 0) is 16.1 Å². The van der Waals surface area contributed by atoms with Crippen molar-refractivity contribution in [3.05, 3.63) is 106 Å². The van der Waals surface area contributed by atoms with Crippen molar-refractivity contribution in [1.29, 1.82) is 0 Å². The molecule has 0 aromatic heterocycles. The smallest absolute Gasteiger partial charge is 0.318 e. The fourth-order valence-electron chi connectivity index (χ4n) is 2.60. The van der Waals surface area contributed by atoms with Crippen molar-refractivity contribution in [3.8, 4) is 0 Å². The average Bonchev–Trinajstić information content (AvgIpc) is 2.63. The van der Waals surface area contributed by atoms with Crippen LogP contribution in [0.4, 0.5) is 0 Å². The number of carbonyl (C=O) groups excluding carboxylic acids is 1. The highest BCUT2D eigenvalue weighted by molar-refractivity contribution is 9.10. The molecule has 0 fully saturated rings. The van der Waals surface area contributed by atoms with Gasteiger partial charge in [-0.05, 0) is 17.2 Å². The second-order valence-corrected chi connectivity index (χ2v) is 6.31. The van der Waals surface area contributed by atoms with Crippen LogP contribution in [0.2, 0.25) is 0 Å². The topological polar surface area (TPSA) is 26.3 Å². The van der Waals surface area contributed by atoms with E-state index in [1.165, 1.54) is 0 Å². The minimum atomic E-state index is -0.421. The van der Waals surface area contributed by atoms with Crippen LogP contribution in [0, 0.1) is 0 Å². The number of hydrogen-bond donors (Lipinski definition) is 0. The molecule has 0 aliphatic heterocycles. The van der Waals surface area contributed by atoms with Gasteiger partial charge in [-0.25, -0.2) is 0 Å². The molecule has 24 heavy (non-hydrogen) atoms. The van der Waals surface area contributed by atoms with Gasteiger partial charge < -0.3 is 4.74 Å². The Labute approximate surface area is 150 Å². The monoisotopic (exact) mass is 380 g/mol. The molecule has 3 aromatic carbocycles. The first-order valence-electron chi connectivity index (χ1n) is 7.75. The maximum Gasteiger partial charge on any atom is 0.318 e. The van der Waals surface area contributed by atoms with Crippen molar-refractivity contribution in [1.82, 2.24) is 0 Å². The summed E-state index contributed by atoms with van der Waals surface area (Å²) in [6.45, 7) is 0.246. The maximum atomic E-state index is 12.8. The van der Waals surface area contributed by atoms with E-state index in [4.69, 9.17) is 4.74 Å². The minimum Gasteiger partial charge on any atom is -0.460 e. The van der Waals surface area contributed by atoms with E-state index in [-0.39, 0.29) is 12.6 Å². The Morgan fingerprint density at radius 2 is 1.29 bits per heavy atom. The zero-order chi connectivity index (χ0) is 16.8. The predicted octanol–water partition coefficient (Wildman–Crippen LogP) is 5.32. The largest absolute Gasteiger partial charge is 0.460 e. The van der Waals surface area contributed by atoms with Crippen LogP contribution < -0.4 is 0 Å². The highest BCUT2D eigenvalue weighted by atomic mass is 79.9. The first-order valence-corrected chi connectivity index (χ1v) is 8.55. The third-order valence-corrected chi connectivity index (χ3v) is 4.60. The molecule has 2 nitrogen and oxygen atoms in total. The van der Waals surface area contributed by atoms with Crippen LogP contribution in [0.5, 0.6) is 0 Å². The molecular weight excluding hydrogens is 364 g/mol. The Bertz CT molecular complexity index is 761. The molecule has 3 heteroatoms. The lowest BCUT2D eigenvalue weighted by atomic mass is 9.91. The number of benzene rings is 3. The SMILES string of the molecule is O=C(OCc1ccccc1Br)C(c1ccccc1)c1ccccc1. The molecule has 0 N–H and O–H groups in total. The average molecular weight is 381 g/mol. The Kier molecular flexibility index (Phi) is 5.44. The molecule has 0 aliphatic carbocycles. The van der Waals surface area contributed by atoms with E-state index in [9.17, 15) is 4.79 Å². The highest BCUT2D eigenvalue weighted by Gasteiger charge is 2.24. The fraction of sp³-hybridized carbons (Fsp3) is 0.0952. The van der Waals surface area contributed by atoms with E-state index in [0.717, 1.165) is 21.2 Å². The standard InChI is InChI=1S/C21H17BrO2/c22-19-14-8-7-13-18(19)15-24-21(23)20(16-9-3-1-4-10-16)17-11-5-2-6-12-17/h1-14,20H,15H2. The van der Waals surface area contributed by atoms with Gasteiger partial charge in [0.2, 0.25) is 0 Å². The summed E-state index contributed by atoms with van der Waals surface area (Å²) in [7, 11) is 0. The molecule has 0 bridgehead atoms. The van der Waals surface area contributed by atoms with Crippen LogP contribution in [0.1, 0.15) is 22.6 Å². The van der Waals surface area contributed by atoms with E-state index < -0.39 is 5.92 Å². The molecular formula is C21H17BrO2. The molecule has 120 valence electrons. The number of halogens is 1. The summed E-state index contributed by atoms with van der Waals surface area (Å²) >= 11 is 3.48. The molecule has 0 radical (unpaired) electrons. The van der Waals surface area contributed by atoms with Gasteiger partial charge in [0.15, 0.2) is 0 Å². The third-order valence-electron chi connectivity index (χ3n) is 3.83. The van der Waals surface area contributed by atoms with Crippen molar-refractivity contribution in [2.24, 2.45) is 0 Å². The normalized spacial score (nSPS) is 10.6. The zero-order valence-corrected chi connectivity index (χ0v) is 14.6. The minimum absolute atomic E-state index is 0.246. The van der Waals surface area contributed by atoms with E-state index in [1.807, 2.05) is 84.9 Å². The second-order valence-electron chi connectivity index (χ2n) is 5.45. The van der Waals surface area contributed by atoms with Crippen LogP contribution in [0.25, 0.3) is 0 Å². The molecule has 0 unspecified atom stereocenters. The van der Waals surface area contributed by atoms with Gasteiger partial charge in [-0.2, -0.15) is 0 Å². The van der Waals surface area contributed by atoms with Gasteiger partial charge >= 0.3 is 5.97 Å². The van der Waals surface area contributed by atoms with E-state index in [1.54, 1.807) is 0 Å². The number of hydrogen-bond acceptors (Lipinski definition) is 2. The number of ether oxygens (including phenoxy) is 1. The number of rotatable bonds is 5. The van der Waals surface area contributed by atoms with E-state index >= 15 is 0 Å². The summed E-state index contributed by atoms with van der Waals surface area (Å²) in [5.41, 5.74) is 2.81. The van der Waals surface area contributed by atoms with Crippen molar-refractivity contribution in [2.45, 2.75) is 12.5 Å². The lowest BCUT2D eigenvalue weighted by molar-refractivity contribution is -0.145. The summed E-state index contributed by atoms with van der Waals surface area (Å²) in [6, 6.07) is 27.2.